The molecule has 0 bridgehead atoms. The van der Waals surface area contributed by atoms with Gasteiger partial charge in [0.25, 0.3) is 0 Å². The molecule has 3 rings (SSSR count). The average Bonchev–Trinajstić information content (AvgIpc) is 3.11. The predicted octanol–water partition coefficient (Wildman–Crippen LogP) is 5.90. The molecule has 0 saturated heterocycles. The second-order valence-electron chi connectivity index (χ2n) is 5.81. The maximum atomic E-state index is 12.5. The third kappa shape index (κ3) is 4.88. The minimum atomic E-state index is -0.476. The van der Waals surface area contributed by atoms with Crippen LogP contribution >= 0.6 is 22.9 Å². The third-order valence-corrected chi connectivity index (χ3v) is 5.04. The lowest BCUT2D eigenvalue weighted by atomic mass is 10.0. The monoisotopic (exact) mass is 411 g/mol. The molecule has 0 aliphatic rings. The van der Waals surface area contributed by atoms with Crippen LogP contribution in [0.1, 0.15) is 22.8 Å². The van der Waals surface area contributed by atoms with Crippen molar-refractivity contribution in [3.63, 3.8) is 0 Å². The number of thiophene rings is 1. The van der Waals surface area contributed by atoms with Crippen LogP contribution in [0.25, 0.3) is 17.2 Å². The largest absolute Gasteiger partial charge is 0.462 e. The number of hydrogen-bond donors (Lipinski definition) is 1. The van der Waals surface area contributed by atoms with Crippen LogP contribution in [0.3, 0.4) is 0 Å². The second kappa shape index (κ2) is 9.35. The number of amides is 1. The lowest BCUT2D eigenvalue weighted by Crippen LogP contribution is -2.12. The standard InChI is InChI=1S/C22H18ClNO3S/c1-2-27-22(26)20-18(16-9-11-17(23)12-10-16)14-28-21(20)24-19(25)13-8-15-6-4-3-5-7-15/h3-14H,2H2,1H3,(H,24,25). The van der Waals surface area contributed by atoms with Gasteiger partial charge < -0.3 is 10.1 Å². The summed E-state index contributed by atoms with van der Waals surface area (Å²) in [5.74, 6) is -0.796. The van der Waals surface area contributed by atoms with Crippen molar-refractivity contribution in [1.82, 2.24) is 0 Å². The molecular weight excluding hydrogens is 394 g/mol. The fourth-order valence-corrected chi connectivity index (χ4v) is 3.67. The van der Waals surface area contributed by atoms with E-state index in [2.05, 4.69) is 5.32 Å². The highest BCUT2D eigenvalue weighted by atomic mass is 35.5. The van der Waals surface area contributed by atoms with Gasteiger partial charge in [-0.25, -0.2) is 4.79 Å². The number of benzene rings is 2. The molecule has 1 aromatic heterocycles. The Balaban J connectivity index is 1.88. The fourth-order valence-electron chi connectivity index (χ4n) is 2.59. The Morgan fingerprint density at radius 2 is 1.82 bits per heavy atom. The minimum absolute atomic E-state index is 0.246. The summed E-state index contributed by atoms with van der Waals surface area (Å²) in [5.41, 5.74) is 2.78. The Bertz CT molecular complexity index is 994. The summed E-state index contributed by atoms with van der Waals surface area (Å²) in [7, 11) is 0. The van der Waals surface area contributed by atoms with E-state index in [-0.39, 0.29) is 12.5 Å². The number of rotatable bonds is 6. The first-order chi connectivity index (χ1) is 13.6. The molecular formula is C22H18ClNO3S. The van der Waals surface area contributed by atoms with Gasteiger partial charge in [0.1, 0.15) is 10.6 Å². The van der Waals surface area contributed by atoms with Crippen LogP contribution in [0, 0.1) is 0 Å². The van der Waals surface area contributed by atoms with Crippen molar-refractivity contribution < 1.29 is 14.3 Å². The lowest BCUT2D eigenvalue weighted by molar-refractivity contribution is -0.111. The molecule has 0 unspecified atom stereocenters. The summed E-state index contributed by atoms with van der Waals surface area (Å²) in [6.07, 6.45) is 3.15. The van der Waals surface area contributed by atoms with Gasteiger partial charge in [-0.3, -0.25) is 4.79 Å². The number of halogens is 1. The van der Waals surface area contributed by atoms with Gasteiger partial charge in [0.2, 0.25) is 5.91 Å². The molecule has 0 spiro atoms. The number of ether oxygens (including phenoxy) is 1. The van der Waals surface area contributed by atoms with Gasteiger partial charge in [-0.05, 0) is 36.3 Å². The van der Waals surface area contributed by atoms with E-state index in [1.54, 1.807) is 25.1 Å². The quantitative estimate of drug-likeness (QED) is 0.406. The highest BCUT2D eigenvalue weighted by Crippen LogP contribution is 2.36. The number of esters is 1. The SMILES string of the molecule is CCOC(=O)c1c(-c2ccc(Cl)cc2)csc1NC(=O)C=Cc1ccccc1. The maximum Gasteiger partial charge on any atom is 0.341 e. The van der Waals surface area contributed by atoms with Gasteiger partial charge in [0.15, 0.2) is 0 Å². The number of hydrogen-bond acceptors (Lipinski definition) is 4. The van der Waals surface area contributed by atoms with E-state index in [9.17, 15) is 9.59 Å². The Hall–Kier alpha value is -2.89. The number of carbonyl (C=O) groups excluding carboxylic acids is 2. The van der Waals surface area contributed by atoms with E-state index in [1.807, 2.05) is 47.8 Å². The molecule has 1 heterocycles. The third-order valence-electron chi connectivity index (χ3n) is 3.89. The van der Waals surface area contributed by atoms with Gasteiger partial charge in [-0.15, -0.1) is 11.3 Å². The van der Waals surface area contributed by atoms with Crippen molar-refractivity contribution in [2.75, 3.05) is 11.9 Å². The van der Waals surface area contributed by atoms with Crippen LogP contribution in [0.2, 0.25) is 5.02 Å². The summed E-state index contributed by atoms with van der Waals surface area (Å²) in [5, 5.41) is 5.67. The normalized spacial score (nSPS) is 10.8. The van der Waals surface area contributed by atoms with E-state index >= 15 is 0 Å². The smallest absolute Gasteiger partial charge is 0.341 e. The molecule has 3 aromatic rings. The topological polar surface area (TPSA) is 55.4 Å². The summed E-state index contributed by atoms with van der Waals surface area (Å²) < 4.78 is 5.20. The highest BCUT2D eigenvalue weighted by molar-refractivity contribution is 7.15. The van der Waals surface area contributed by atoms with E-state index in [0.29, 0.717) is 21.2 Å². The molecule has 0 atom stereocenters. The summed E-state index contributed by atoms with van der Waals surface area (Å²) in [6.45, 7) is 1.99. The Morgan fingerprint density at radius 1 is 1.11 bits per heavy atom. The minimum Gasteiger partial charge on any atom is -0.462 e. The molecule has 1 N–H and O–H groups in total. The van der Waals surface area contributed by atoms with Crippen LogP contribution in [0.4, 0.5) is 5.00 Å². The van der Waals surface area contributed by atoms with Gasteiger partial charge >= 0.3 is 5.97 Å². The Labute approximate surface area is 172 Å². The summed E-state index contributed by atoms with van der Waals surface area (Å²) in [4.78, 5) is 24.9. The first kappa shape index (κ1) is 19.9. The van der Waals surface area contributed by atoms with Crippen molar-refractivity contribution >= 4 is 45.9 Å². The predicted molar refractivity (Wildman–Crippen MR) is 115 cm³/mol. The van der Waals surface area contributed by atoms with E-state index < -0.39 is 5.97 Å². The summed E-state index contributed by atoms with van der Waals surface area (Å²) >= 11 is 7.24. The van der Waals surface area contributed by atoms with Crippen LogP contribution in [0.15, 0.2) is 66.1 Å². The molecule has 28 heavy (non-hydrogen) atoms. The molecule has 0 aliphatic heterocycles. The molecule has 0 radical (unpaired) electrons. The van der Waals surface area contributed by atoms with Crippen molar-refractivity contribution in [1.29, 1.82) is 0 Å². The van der Waals surface area contributed by atoms with Crippen LogP contribution < -0.4 is 5.32 Å². The zero-order chi connectivity index (χ0) is 19.9. The van der Waals surface area contributed by atoms with Crippen LogP contribution in [-0.2, 0) is 9.53 Å². The zero-order valence-electron chi connectivity index (χ0n) is 15.1. The average molecular weight is 412 g/mol. The van der Waals surface area contributed by atoms with Crippen LogP contribution in [-0.4, -0.2) is 18.5 Å². The Morgan fingerprint density at radius 3 is 2.50 bits per heavy atom. The van der Waals surface area contributed by atoms with Crippen molar-refractivity contribution in [2.24, 2.45) is 0 Å². The molecule has 6 heteroatoms. The first-order valence-corrected chi connectivity index (χ1v) is 9.93. The van der Waals surface area contributed by atoms with Gasteiger partial charge in [0.05, 0.1) is 6.61 Å². The zero-order valence-corrected chi connectivity index (χ0v) is 16.7. The van der Waals surface area contributed by atoms with Gasteiger partial charge in [-0.2, -0.15) is 0 Å². The van der Waals surface area contributed by atoms with Crippen molar-refractivity contribution in [3.05, 3.63) is 82.2 Å². The van der Waals surface area contributed by atoms with Gasteiger partial charge in [0, 0.05) is 22.0 Å². The molecule has 142 valence electrons. The van der Waals surface area contributed by atoms with E-state index in [4.69, 9.17) is 16.3 Å². The second-order valence-corrected chi connectivity index (χ2v) is 7.13. The molecule has 1 amide bonds. The Kier molecular flexibility index (Phi) is 6.63. The molecule has 4 nitrogen and oxygen atoms in total. The number of nitrogens with one attached hydrogen (secondary N) is 1. The fraction of sp³-hybridized carbons (Fsp3) is 0.0909. The number of anilines is 1. The molecule has 0 aliphatic carbocycles. The summed E-state index contributed by atoms with van der Waals surface area (Å²) in [6, 6.07) is 16.7. The lowest BCUT2D eigenvalue weighted by Gasteiger charge is -2.08. The molecule has 2 aromatic carbocycles. The first-order valence-electron chi connectivity index (χ1n) is 8.67. The highest BCUT2D eigenvalue weighted by Gasteiger charge is 2.22. The number of carbonyl (C=O) groups is 2. The van der Waals surface area contributed by atoms with E-state index in [0.717, 1.165) is 11.1 Å². The molecule has 0 saturated carbocycles. The van der Waals surface area contributed by atoms with Crippen molar-refractivity contribution in [2.45, 2.75) is 6.92 Å². The molecule has 0 fully saturated rings. The van der Waals surface area contributed by atoms with Crippen LogP contribution in [0.5, 0.6) is 0 Å². The maximum absolute atomic E-state index is 12.5. The van der Waals surface area contributed by atoms with Crippen molar-refractivity contribution in [3.8, 4) is 11.1 Å². The van der Waals surface area contributed by atoms with Gasteiger partial charge in [-0.1, -0.05) is 54.1 Å². The van der Waals surface area contributed by atoms with E-state index in [1.165, 1.54) is 17.4 Å².